The molecule has 0 aliphatic carbocycles. The number of anilines is 1. The molecule has 0 spiro atoms. The predicted octanol–water partition coefficient (Wildman–Crippen LogP) is 0.309. The zero-order valence-electron chi connectivity index (χ0n) is 8.34. The van der Waals surface area contributed by atoms with Crippen LogP contribution in [-0.4, -0.2) is 34.1 Å². The van der Waals surface area contributed by atoms with E-state index in [9.17, 15) is 4.79 Å². The maximum atomic E-state index is 10.6. The first-order valence-electron chi connectivity index (χ1n) is 4.33. The highest BCUT2D eigenvalue weighted by molar-refractivity contribution is 5.73. The van der Waals surface area contributed by atoms with Crippen molar-refractivity contribution in [2.24, 2.45) is 0 Å². The lowest BCUT2D eigenvalue weighted by Gasteiger charge is -2.18. The van der Waals surface area contributed by atoms with Gasteiger partial charge in [-0.2, -0.15) is 0 Å². The van der Waals surface area contributed by atoms with Crippen molar-refractivity contribution in [1.82, 2.24) is 9.97 Å². The van der Waals surface area contributed by atoms with E-state index in [0.29, 0.717) is 11.6 Å². The first-order chi connectivity index (χ1) is 7.13. The van der Waals surface area contributed by atoms with Crippen molar-refractivity contribution < 1.29 is 9.90 Å². The Bertz CT molecular complexity index is 398. The van der Waals surface area contributed by atoms with E-state index in [-0.39, 0.29) is 13.1 Å². The molecule has 0 fully saturated rings. The molecule has 0 saturated heterocycles. The van der Waals surface area contributed by atoms with Gasteiger partial charge >= 0.3 is 5.97 Å². The van der Waals surface area contributed by atoms with E-state index in [2.05, 4.69) is 15.9 Å². The van der Waals surface area contributed by atoms with Crippen LogP contribution in [-0.2, 0) is 4.79 Å². The Labute approximate surface area is 87.8 Å². The van der Waals surface area contributed by atoms with E-state index >= 15 is 0 Å². The van der Waals surface area contributed by atoms with Crippen LogP contribution < -0.4 is 4.90 Å². The number of carboxylic acid groups (broad SMARTS) is 1. The van der Waals surface area contributed by atoms with E-state index in [1.54, 1.807) is 19.2 Å². The Kier molecular flexibility index (Phi) is 3.63. The molecule has 0 aliphatic heterocycles. The van der Waals surface area contributed by atoms with Gasteiger partial charge in [-0.05, 0) is 13.0 Å². The van der Waals surface area contributed by atoms with Gasteiger partial charge in [-0.15, -0.1) is 6.42 Å². The molecule has 0 unspecified atom stereocenters. The summed E-state index contributed by atoms with van der Waals surface area (Å²) in [4.78, 5) is 20.1. The fourth-order valence-corrected chi connectivity index (χ4v) is 1.11. The fraction of sp³-hybridized carbons (Fsp3) is 0.300. The van der Waals surface area contributed by atoms with E-state index in [4.69, 9.17) is 11.5 Å². The summed E-state index contributed by atoms with van der Waals surface area (Å²) < 4.78 is 0. The van der Waals surface area contributed by atoms with E-state index in [0.717, 1.165) is 0 Å². The third-order valence-electron chi connectivity index (χ3n) is 1.69. The smallest absolute Gasteiger partial charge is 0.323 e. The Hall–Kier alpha value is -2.09. The number of aryl methyl sites for hydroxylation is 1. The first kappa shape index (κ1) is 11.0. The maximum absolute atomic E-state index is 10.6. The maximum Gasteiger partial charge on any atom is 0.323 e. The SMILES string of the molecule is C#CCN(CC(=O)O)c1ccnc(C)n1. The number of carboxylic acids is 1. The molecular formula is C10H11N3O2. The number of terminal acetylenes is 1. The summed E-state index contributed by atoms with van der Waals surface area (Å²) in [5, 5.41) is 8.69. The van der Waals surface area contributed by atoms with Crippen LogP contribution in [0.5, 0.6) is 0 Å². The van der Waals surface area contributed by atoms with Gasteiger partial charge in [-0.25, -0.2) is 9.97 Å². The minimum atomic E-state index is -0.943. The van der Waals surface area contributed by atoms with Gasteiger partial charge in [0.05, 0.1) is 6.54 Å². The summed E-state index contributed by atoms with van der Waals surface area (Å²) in [6.45, 7) is 1.78. The number of hydrogen-bond acceptors (Lipinski definition) is 4. The monoisotopic (exact) mass is 205 g/mol. The number of carbonyl (C=O) groups is 1. The molecule has 0 atom stereocenters. The third-order valence-corrected chi connectivity index (χ3v) is 1.69. The van der Waals surface area contributed by atoms with Crippen molar-refractivity contribution >= 4 is 11.8 Å². The van der Waals surface area contributed by atoms with Crippen molar-refractivity contribution in [3.63, 3.8) is 0 Å². The van der Waals surface area contributed by atoms with Gasteiger partial charge in [0.25, 0.3) is 0 Å². The van der Waals surface area contributed by atoms with Crippen molar-refractivity contribution in [2.45, 2.75) is 6.92 Å². The van der Waals surface area contributed by atoms with Gasteiger partial charge in [0.15, 0.2) is 0 Å². The lowest BCUT2D eigenvalue weighted by atomic mass is 10.4. The first-order valence-corrected chi connectivity index (χ1v) is 4.33. The molecule has 15 heavy (non-hydrogen) atoms. The molecular weight excluding hydrogens is 194 g/mol. The van der Waals surface area contributed by atoms with Gasteiger partial charge in [-0.1, -0.05) is 5.92 Å². The molecule has 0 radical (unpaired) electrons. The largest absolute Gasteiger partial charge is 0.480 e. The molecule has 0 amide bonds. The number of hydrogen-bond donors (Lipinski definition) is 1. The summed E-state index contributed by atoms with van der Waals surface area (Å²) in [5.74, 6) is 2.56. The Morgan fingerprint density at radius 3 is 3.00 bits per heavy atom. The molecule has 0 aliphatic rings. The van der Waals surface area contributed by atoms with Crippen LogP contribution in [0.25, 0.3) is 0 Å². The lowest BCUT2D eigenvalue weighted by Crippen LogP contribution is -2.30. The van der Waals surface area contributed by atoms with Crippen LogP contribution >= 0.6 is 0 Å². The van der Waals surface area contributed by atoms with E-state index < -0.39 is 5.97 Å². The summed E-state index contributed by atoms with van der Waals surface area (Å²) in [5.41, 5.74) is 0. The van der Waals surface area contributed by atoms with Gasteiger partial charge in [0.1, 0.15) is 18.2 Å². The summed E-state index contributed by atoms with van der Waals surface area (Å²) in [6.07, 6.45) is 6.72. The van der Waals surface area contributed by atoms with Gasteiger partial charge in [-0.3, -0.25) is 4.79 Å². The Morgan fingerprint density at radius 2 is 2.47 bits per heavy atom. The highest BCUT2D eigenvalue weighted by Crippen LogP contribution is 2.08. The standard InChI is InChI=1S/C10H11N3O2/c1-3-6-13(7-10(14)15)9-4-5-11-8(2)12-9/h1,4-5H,6-7H2,2H3,(H,14,15). The molecule has 5 nitrogen and oxygen atoms in total. The second-order valence-corrected chi connectivity index (χ2v) is 2.92. The highest BCUT2D eigenvalue weighted by atomic mass is 16.4. The molecule has 0 bridgehead atoms. The number of aromatic nitrogens is 2. The van der Waals surface area contributed by atoms with Crippen molar-refractivity contribution in [2.75, 3.05) is 18.0 Å². The third kappa shape index (κ3) is 3.27. The zero-order chi connectivity index (χ0) is 11.3. The number of nitrogens with zero attached hydrogens (tertiary/aromatic N) is 3. The van der Waals surface area contributed by atoms with Crippen LogP contribution in [0.1, 0.15) is 5.82 Å². The van der Waals surface area contributed by atoms with Crippen LogP contribution in [0, 0.1) is 19.3 Å². The van der Waals surface area contributed by atoms with Gasteiger partial charge < -0.3 is 10.0 Å². The lowest BCUT2D eigenvalue weighted by molar-refractivity contribution is -0.135. The van der Waals surface area contributed by atoms with E-state index in [1.807, 2.05) is 0 Å². The van der Waals surface area contributed by atoms with Gasteiger partial charge in [0, 0.05) is 6.20 Å². The minimum absolute atomic E-state index is 0.166. The normalized spacial score (nSPS) is 9.33. The summed E-state index contributed by atoms with van der Waals surface area (Å²) in [6, 6.07) is 1.63. The minimum Gasteiger partial charge on any atom is -0.480 e. The molecule has 1 aromatic rings. The molecule has 1 heterocycles. The second-order valence-electron chi connectivity index (χ2n) is 2.92. The second kappa shape index (κ2) is 4.96. The van der Waals surface area contributed by atoms with Crippen LogP contribution in [0.4, 0.5) is 5.82 Å². The average molecular weight is 205 g/mol. The van der Waals surface area contributed by atoms with Crippen LogP contribution in [0.3, 0.4) is 0 Å². The average Bonchev–Trinajstić information content (AvgIpc) is 2.16. The molecule has 5 heteroatoms. The molecule has 1 rings (SSSR count). The molecule has 78 valence electrons. The molecule has 0 aromatic carbocycles. The fourth-order valence-electron chi connectivity index (χ4n) is 1.11. The summed E-state index contributed by atoms with van der Waals surface area (Å²) >= 11 is 0. The Morgan fingerprint density at radius 1 is 1.73 bits per heavy atom. The molecule has 1 aromatic heterocycles. The number of rotatable bonds is 4. The highest BCUT2D eigenvalue weighted by Gasteiger charge is 2.10. The quantitative estimate of drug-likeness (QED) is 0.716. The van der Waals surface area contributed by atoms with Crippen molar-refractivity contribution in [3.8, 4) is 12.3 Å². The van der Waals surface area contributed by atoms with Gasteiger partial charge in [0.2, 0.25) is 0 Å². The van der Waals surface area contributed by atoms with Crippen molar-refractivity contribution in [1.29, 1.82) is 0 Å². The molecule has 1 N–H and O–H groups in total. The zero-order valence-corrected chi connectivity index (χ0v) is 8.34. The predicted molar refractivity (Wildman–Crippen MR) is 55.5 cm³/mol. The van der Waals surface area contributed by atoms with E-state index in [1.165, 1.54) is 4.90 Å². The topological polar surface area (TPSA) is 66.3 Å². The number of aliphatic carboxylic acids is 1. The van der Waals surface area contributed by atoms with Crippen LogP contribution in [0.15, 0.2) is 12.3 Å². The van der Waals surface area contributed by atoms with Crippen LogP contribution in [0.2, 0.25) is 0 Å². The Balaban J connectivity index is 2.89. The van der Waals surface area contributed by atoms with Crippen molar-refractivity contribution in [3.05, 3.63) is 18.1 Å². The molecule has 0 saturated carbocycles. The summed E-state index contributed by atoms with van der Waals surface area (Å²) in [7, 11) is 0.